The SMILES string of the molecule is CCOC(=O)CCc1ccc2c(c1)sc1nc(-c3ccc(N)cc3)cn12. The lowest BCUT2D eigenvalue weighted by molar-refractivity contribution is -0.143. The van der Waals surface area contributed by atoms with Crippen molar-refractivity contribution < 1.29 is 9.53 Å². The summed E-state index contributed by atoms with van der Waals surface area (Å²) < 4.78 is 8.27. The van der Waals surface area contributed by atoms with Gasteiger partial charge in [0.15, 0.2) is 4.96 Å². The lowest BCUT2D eigenvalue weighted by atomic mass is 10.1. The molecule has 0 atom stereocenters. The molecule has 0 saturated heterocycles. The molecule has 0 spiro atoms. The Labute approximate surface area is 155 Å². The highest BCUT2D eigenvalue weighted by Crippen LogP contribution is 2.30. The zero-order valence-corrected chi connectivity index (χ0v) is 15.3. The third-order valence-electron chi connectivity index (χ3n) is 4.29. The molecule has 0 bridgehead atoms. The van der Waals surface area contributed by atoms with Crippen molar-refractivity contribution in [2.75, 3.05) is 12.3 Å². The molecular weight excluding hydrogens is 346 g/mol. The quantitative estimate of drug-likeness (QED) is 0.423. The summed E-state index contributed by atoms with van der Waals surface area (Å²) in [4.78, 5) is 17.2. The van der Waals surface area contributed by atoms with Gasteiger partial charge in [0.2, 0.25) is 0 Å². The van der Waals surface area contributed by atoms with Gasteiger partial charge < -0.3 is 10.5 Å². The van der Waals surface area contributed by atoms with Crippen LogP contribution in [0.1, 0.15) is 18.9 Å². The molecule has 2 N–H and O–H groups in total. The van der Waals surface area contributed by atoms with Gasteiger partial charge in [-0.05, 0) is 43.2 Å². The van der Waals surface area contributed by atoms with Gasteiger partial charge in [-0.1, -0.05) is 29.5 Å². The number of aromatic nitrogens is 2. The van der Waals surface area contributed by atoms with Crippen molar-refractivity contribution in [3.05, 3.63) is 54.2 Å². The lowest BCUT2D eigenvalue weighted by Gasteiger charge is -2.02. The molecule has 26 heavy (non-hydrogen) atoms. The van der Waals surface area contributed by atoms with Gasteiger partial charge in [0.1, 0.15) is 0 Å². The maximum atomic E-state index is 11.5. The van der Waals surface area contributed by atoms with E-state index in [-0.39, 0.29) is 5.97 Å². The summed E-state index contributed by atoms with van der Waals surface area (Å²) in [5, 5.41) is 0. The predicted molar refractivity (Wildman–Crippen MR) is 105 cm³/mol. The number of hydrogen-bond donors (Lipinski definition) is 1. The van der Waals surface area contributed by atoms with Crippen LogP contribution in [0.15, 0.2) is 48.7 Å². The minimum atomic E-state index is -0.151. The van der Waals surface area contributed by atoms with Crippen LogP contribution in [0.5, 0.6) is 0 Å². The first-order valence-electron chi connectivity index (χ1n) is 8.56. The van der Waals surface area contributed by atoms with Gasteiger partial charge in [0, 0.05) is 23.9 Å². The molecule has 0 saturated carbocycles. The molecule has 0 aliphatic heterocycles. The highest BCUT2D eigenvalue weighted by molar-refractivity contribution is 7.23. The minimum absolute atomic E-state index is 0.151. The van der Waals surface area contributed by atoms with Crippen LogP contribution < -0.4 is 5.73 Å². The number of carbonyl (C=O) groups excluding carboxylic acids is 1. The summed E-state index contributed by atoms with van der Waals surface area (Å²) in [6.07, 6.45) is 3.15. The van der Waals surface area contributed by atoms with Gasteiger partial charge in [-0.15, -0.1) is 0 Å². The summed E-state index contributed by atoms with van der Waals surface area (Å²) >= 11 is 1.65. The smallest absolute Gasteiger partial charge is 0.306 e. The van der Waals surface area contributed by atoms with Crippen LogP contribution in [0.3, 0.4) is 0 Å². The second kappa shape index (κ2) is 6.80. The number of esters is 1. The van der Waals surface area contributed by atoms with Crippen LogP contribution in [0.2, 0.25) is 0 Å². The Morgan fingerprint density at radius 2 is 2.04 bits per heavy atom. The highest BCUT2D eigenvalue weighted by atomic mass is 32.1. The average molecular weight is 365 g/mol. The van der Waals surface area contributed by atoms with Crippen LogP contribution in [0.4, 0.5) is 5.69 Å². The van der Waals surface area contributed by atoms with E-state index >= 15 is 0 Å². The number of benzene rings is 2. The van der Waals surface area contributed by atoms with Crippen molar-refractivity contribution in [2.45, 2.75) is 19.8 Å². The highest BCUT2D eigenvalue weighted by Gasteiger charge is 2.11. The van der Waals surface area contributed by atoms with Crippen LogP contribution in [-0.2, 0) is 16.0 Å². The zero-order valence-electron chi connectivity index (χ0n) is 14.4. The number of rotatable bonds is 5. The standard InChI is InChI=1S/C20H19N3O2S/c1-2-25-19(24)10-4-13-3-9-17-18(11-13)26-20-22-16(12-23(17)20)14-5-7-15(21)8-6-14/h3,5-9,11-12H,2,4,10,21H2,1H3. The maximum Gasteiger partial charge on any atom is 0.306 e. The minimum Gasteiger partial charge on any atom is -0.466 e. The first-order valence-corrected chi connectivity index (χ1v) is 9.38. The van der Waals surface area contributed by atoms with E-state index < -0.39 is 0 Å². The molecule has 4 aromatic rings. The number of anilines is 1. The molecule has 2 aromatic carbocycles. The van der Waals surface area contributed by atoms with E-state index in [0.29, 0.717) is 19.4 Å². The molecule has 2 aromatic heterocycles. The molecule has 132 valence electrons. The molecule has 0 radical (unpaired) electrons. The van der Waals surface area contributed by atoms with E-state index in [1.54, 1.807) is 11.3 Å². The number of aryl methyl sites for hydroxylation is 1. The zero-order chi connectivity index (χ0) is 18.1. The molecule has 0 unspecified atom stereocenters. The Bertz CT molecular complexity index is 1080. The first-order chi connectivity index (χ1) is 12.6. The molecule has 0 aliphatic carbocycles. The Hall–Kier alpha value is -2.86. The van der Waals surface area contributed by atoms with Crippen LogP contribution in [0.25, 0.3) is 26.4 Å². The molecule has 6 heteroatoms. The van der Waals surface area contributed by atoms with Crippen molar-refractivity contribution in [3.8, 4) is 11.3 Å². The van der Waals surface area contributed by atoms with Crippen molar-refractivity contribution in [2.24, 2.45) is 0 Å². The van der Waals surface area contributed by atoms with Crippen LogP contribution in [0, 0.1) is 0 Å². The van der Waals surface area contributed by atoms with Crippen LogP contribution >= 0.6 is 11.3 Å². The van der Waals surface area contributed by atoms with Crippen molar-refractivity contribution >= 4 is 38.2 Å². The average Bonchev–Trinajstić information content (AvgIpc) is 3.18. The Morgan fingerprint density at radius 1 is 1.23 bits per heavy atom. The van der Waals surface area contributed by atoms with E-state index in [2.05, 4.69) is 28.8 Å². The summed E-state index contributed by atoms with van der Waals surface area (Å²) in [7, 11) is 0. The fourth-order valence-corrected chi connectivity index (χ4v) is 4.04. The van der Waals surface area contributed by atoms with E-state index in [4.69, 9.17) is 15.5 Å². The second-order valence-electron chi connectivity index (χ2n) is 6.11. The van der Waals surface area contributed by atoms with E-state index in [1.165, 1.54) is 0 Å². The fourth-order valence-electron chi connectivity index (χ4n) is 2.97. The summed E-state index contributed by atoms with van der Waals surface area (Å²) in [6, 6.07) is 14.0. The van der Waals surface area contributed by atoms with Crippen molar-refractivity contribution in [1.29, 1.82) is 0 Å². The lowest BCUT2D eigenvalue weighted by Crippen LogP contribution is -2.05. The molecule has 0 amide bonds. The number of fused-ring (bicyclic) bond motifs is 3. The second-order valence-corrected chi connectivity index (χ2v) is 7.12. The number of carbonyl (C=O) groups is 1. The molecule has 0 aliphatic rings. The third-order valence-corrected chi connectivity index (χ3v) is 5.31. The van der Waals surface area contributed by atoms with E-state index in [1.807, 2.05) is 31.2 Å². The number of imidazole rings is 1. The van der Waals surface area contributed by atoms with Crippen molar-refractivity contribution in [1.82, 2.24) is 9.38 Å². The van der Waals surface area contributed by atoms with Crippen LogP contribution in [-0.4, -0.2) is 22.0 Å². The van der Waals surface area contributed by atoms with Gasteiger partial charge in [-0.25, -0.2) is 4.98 Å². The summed E-state index contributed by atoms with van der Waals surface area (Å²) in [6.45, 7) is 2.25. The molecule has 0 fully saturated rings. The topological polar surface area (TPSA) is 69.6 Å². The van der Waals surface area contributed by atoms with E-state index in [0.717, 1.165) is 37.7 Å². The van der Waals surface area contributed by atoms with Gasteiger partial charge in [0.05, 0.1) is 22.5 Å². The Morgan fingerprint density at radius 3 is 2.81 bits per heavy atom. The van der Waals surface area contributed by atoms with Gasteiger partial charge in [0.25, 0.3) is 0 Å². The number of nitrogens with zero attached hydrogens (tertiary/aromatic N) is 2. The maximum absolute atomic E-state index is 11.5. The summed E-state index contributed by atoms with van der Waals surface area (Å²) in [5.41, 5.74) is 10.7. The molecular formula is C20H19N3O2S. The first kappa shape index (κ1) is 16.6. The largest absolute Gasteiger partial charge is 0.466 e. The Balaban J connectivity index is 1.62. The van der Waals surface area contributed by atoms with E-state index in [9.17, 15) is 4.79 Å². The fraction of sp³-hybridized carbons (Fsp3) is 0.200. The number of ether oxygens (including phenoxy) is 1. The summed E-state index contributed by atoms with van der Waals surface area (Å²) in [5.74, 6) is -0.151. The van der Waals surface area contributed by atoms with Gasteiger partial charge >= 0.3 is 5.97 Å². The number of nitrogen functional groups attached to an aromatic ring is 1. The number of hydrogen-bond acceptors (Lipinski definition) is 5. The monoisotopic (exact) mass is 365 g/mol. The predicted octanol–water partition coefficient (Wildman–Crippen LogP) is 4.29. The third kappa shape index (κ3) is 3.15. The Kier molecular flexibility index (Phi) is 4.34. The molecule has 5 nitrogen and oxygen atoms in total. The van der Waals surface area contributed by atoms with Gasteiger partial charge in [-0.2, -0.15) is 0 Å². The normalized spacial score (nSPS) is 11.3. The number of thiazole rings is 1. The molecule has 4 rings (SSSR count). The van der Waals surface area contributed by atoms with Crippen molar-refractivity contribution in [3.63, 3.8) is 0 Å². The molecule has 2 heterocycles. The number of nitrogens with two attached hydrogens (primary N) is 1. The van der Waals surface area contributed by atoms with Gasteiger partial charge in [-0.3, -0.25) is 9.20 Å².